The number of carboxylic acid groups (broad SMARTS) is 1. The summed E-state index contributed by atoms with van der Waals surface area (Å²) in [5.41, 5.74) is 0.582. The summed E-state index contributed by atoms with van der Waals surface area (Å²) in [6.07, 6.45) is -4.73. The molecule has 4 aliphatic rings. The number of Topliss-reactive ketones (excluding diaryl/α,β-unsaturated/α-hetero) is 1. The first kappa shape index (κ1) is 69.1. The van der Waals surface area contributed by atoms with E-state index in [1.165, 1.54) is 19.1 Å². The normalized spacial score (nSPS) is 42.3. The Hall–Kier alpha value is -4.71. The third-order valence-corrected chi connectivity index (χ3v) is 15.3. The lowest BCUT2D eigenvalue weighted by molar-refractivity contribution is -0.309. The van der Waals surface area contributed by atoms with Gasteiger partial charge in [-0.3, -0.25) is 14.4 Å². The van der Waals surface area contributed by atoms with Crippen molar-refractivity contribution in [3.8, 4) is 0 Å². The van der Waals surface area contributed by atoms with Crippen molar-refractivity contribution in [3.05, 3.63) is 121 Å². The molecule has 3 fully saturated rings. The van der Waals surface area contributed by atoms with Crippen LogP contribution in [0.4, 0.5) is 0 Å². The fourth-order valence-electron chi connectivity index (χ4n) is 10.3. The number of aliphatic hydroxyl groups is 12. The summed E-state index contributed by atoms with van der Waals surface area (Å²) in [4.78, 5) is 38.9. The molecule has 4 aliphatic heterocycles. The SMILES string of the molecule is C[C@@H]1[C@H](O)[C@@H](C)/C=C/C=C/C=C/C=C/C=C/C=C/C=C/[C@H](O[C@@H]2O[C@H](C)[C@@H](O)[C@H](NCC(=O)[C@@H](O)[C@@H]3OC(c4ccccc4)OC[C@H]3O)[C@@H]2O)C[C@@H]2O[C@](O)(C[C@@H](O)C[C@@H](O)[C@H](O)CC[C@@H](O)C[C@@H](O)CC(=O)O[C@H]1C)C[C@H](O)[C@H]2C(=O)O. The molecule has 3 saturated heterocycles. The smallest absolute Gasteiger partial charge is 0.311 e. The van der Waals surface area contributed by atoms with Crippen LogP contribution in [0.5, 0.6) is 0 Å². The number of carboxylic acids is 1. The van der Waals surface area contributed by atoms with Gasteiger partial charge in [0.15, 0.2) is 24.2 Å². The van der Waals surface area contributed by atoms with E-state index in [4.69, 9.17) is 28.4 Å². The molecule has 0 aromatic heterocycles. The molecule has 2 bridgehead atoms. The monoisotopic (exact) mass is 1170 g/mol. The van der Waals surface area contributed by atoms with Crippen molar-refractivity contribution in [2.45, 2.75) is 201 Å². The van der Waals surface area contributed by atoms with Gasteiger partial charge in [-0.05, 0) is 33.1 Å². The topological polar surface area (TPSA) is 382 Å². The van der Waals surface area contributed by atoms with E-state index in [-0.39, 0.29) is 31.8 Å². The number of ether oxygens (including phenoxy) is 6. The summed E-state index contributed by atoms with van der Waals surface area (Å²) < 4.78 is 35.0. The zero-order valence-corrected chi connectivity index (χ0v) is 47.2. The summed E-state index contributed by atoms with van der Waals surface area (Å²) >= 11 is 0. The molecule has 23 heteroatoms. The largest absolute Gasteiger partial charge is 0.481 e. The molecule has 0 aliphatic carbocycles. The molecule has 83 heavy (non-hydrogen) atoms. The van der Waals surface area contributed by atoms with Crippen LogP contribution in [0, 0.1) is 17.8 Å². The van der Waals surface area contributed by atoms with E-state index in [0.29, 0.717) is 5.56 Å². The van der Waals surface area contributed by atoms with Crippen molar-refractivity contribution < 1.29 is 109 Å². The highest BCUT2D eigenvalue weighted by atomic mass is 16.7. The first-order valence-electron chi connectivity index (χ1n) is 28.3. The predicted molar refractivity (Wildman–Crippen MR) is 298 cm³/mol. The van der Waals surface area contributed by atoms with Gasteiger partial charge in [-0.25, -0.2) is 0 Å². The fourth-order valence-corrected chi connectivity index (χ4v) is 10.3. The lowest BCUT2D eigenvalue weighted by Crippen LogP contribution is -2.64. The van der Waals surface area contributed by atoms with E-state index in [0.717, 1.165) is 0 Å². The van der Waals surface area contributed by atoms with Gasteiger partial charge in [0.2, 0.25) is 0 Å². The number of rotatable bonds is 9. The zero-order chi connectivity index (χ0) is 61.0. The van der Waals surface area contributed by atoms with E-state index in [2.05, 4.69) is 5.32 Å². The molecule has 4 heterocycles. The van der Waals surface area contributed by atoms with Crippen molar-refractivity contribution in [3.63, 3.8) is 0 Å². The van der Waals surface area contributed by atoms with Crippen molar-refractivity contribution >= 4 is 17.7 Å². The number of cyclic esters (lactones) is 1. The van der Waals surface area contributed by atoms with Crippen molar-refractivity contribution in [1.29, 1.82) is 0 Å². The van der Waals surface area contributed by atoms with Crippen molar-refractivity contribution in [2.75, 3.05) is 13.2 Å². The fraction of sp³-hybridized carbons (Fsp3) is 0.617. The van der Waals surface area contributed by atoms with Gasteiger partial charge in [-0.1, -0.05) is 129 Å². The molecule has 0 amide bonds. The van der Waals surface area contributed by atoms with Crippen LogP contribution in [0.2, 0.25) is 0 Å². The molecule has 23 nitrogen and oxygen atoms in total. The third kappa shape index (κ3) is 21.6. The Labute approximate surface area is 483 Å². The number of hydrogen-bond acceptors (Lipinski definition) is 22. The number of ketones is 1. The van der Waals surface area contributed by atoms with Crippen molar-refractivity contribution in [1.82, 2.24) is 5.32 Å². The first-order valence-corrected chi connectivity index (χ1v) is 28.3. The second-order valence-corrected chi connectivity index (χ2v) is 22.1. The number of allylic oxidation sites excluding steroid dienone is 12. The van der Waals surface area contributed by atoms with Gasteiger partial charge in [0.05, 0.1) is 92.8 Å². The van der Waals surface area contributed by atoms with E-state index < -0.39 is 190 Å². The number of fused-ring (bicyclic) bond motifs is 2. The molecule has 14 N–H and O–H groups in total. The molecular formula is C60H87NO22. The molecule has 0 radical (unpaired) electrons. The standard InChI is InChI=1S/C60H87NO22/c1-34-20-16-13-11-9-7-5-6-8-10-12-14-19-23-42(81-59-55(74)51(53(72)37(4)80-59)61-32-46(68)54(73)56-47(69)33-78-58(82-56)38-21-17-15-18-22-38)29-48-50(57(75)76)45(67)31-60(77,83-48)30-41(64)27-44(66)43(65)25-24-39(62)26-40(63)28-49(70)79-36(3)35(2)52(34)71/h5-23,34-37,39-45,47-48,50-56,58-59,61-67,69,71-74,77H,24-33H2,1-4H3,(H,75,76)/b6-5+,9-7+,10-8+,13-11+,14-12+,20-16+,23-19+/t34-,35-,36-,37+,39+,40+,41-,42-,43+,44+,45-,47+,48-,50+,51-,52+,53+,54+,55-,56+,58?,59-,60+/m0/s1. The minimum Gasteiger partial charge on any atom is -0.481 e. The first-order chi connectivity index (χ1) is 39.4. The average Bonchev–Trinajstić information content (AvgIpc) is 3.55. The Bertz CT molecular complexity index is 2360. The van der Waals surface area contributed by atoms with E-state index in [1.54, 1.807) is 117 Å². The van der Waals surface area contributed by atoms with E-state index in [1.807, 2.05) is 6.92 Å². The maximum atomic E-state index is 13.4. The molecule has 1 aromatic carbocycles. The van der Waals surface area contributed by atoms with Crippen LogP contribution in [-0.4, -0.2) is 213 Å². The molecule has 464 valence electrons. The number of carbonyl (C=O) groups is 3. The molecule has 1 aromatic rings. The Morgan fingerprint density at radius 1 is 0.675 bits per heavy atom. The Morgan fingerprint density at radius 2 is 1.29 bits per heavy atom. The van der Waals surface area contributed by atoms with Gasteiger partial charge in [0.25, 0.3) is 0 Å². The van der Waals surface area contributed by atoms with E-state index in [9.17, 15) is 80.8 Å². The molecule has 0 saturated carbocycles. The quantitative estimate of drug-likeness (QED) is 0.152. The minimum absolute atomic E-state index is 0.145. The number of hydrogen-bond donors (Lipinski definition) is 14. The van der Waals surface area contributed by atoms with Crippen molar-refractivity contribution in [2.24, 2.45) is 17.8 Å². The van der Waals surface area contributed by atoms with Crippen LogP contribution in [0.25, 0.3) is 0 Å². The number of aliphatic carboxylic acids is 1. The molecule has 5 rings (SSSR count). The van der Waals surface area contributed by atoms with Gasteiger partial charge in [-0.15, -0.1) is 0 Å². The highest BCUT2D eigenvalue weighted by Crippen LogP contribution is 2.38. The Balaban J connectivity index is 1.35. The maximum absolute atomic E-state index is 13.4. The van der Waals surface area contributed by atoms with Crippen LogP contribution in [0.15, 0.2) is 115 Å². The van der Waals surface area contributed by atoms with Crippen LogP contribution in [-0.2, 0) is 42.8 Å². The molecule has 0 spiro atoms. The summed E-state index contributed by atoms with van der Waals surface area (Å²) in [5.74, 6) is -8.04. The van der Waals surface area contributed by atoms with Crippen LogP contribution in [0.3, 0.4) is 0 Å². The minimum atomic E-state index is -2.42. The summed E-state index contributed by atoms with van der Waals surface area (Å²) in [5, 5.41) is 146. The third-order valence-electron chi connectivity index (χ3n) is 15.3. The predicted octanol–water partition coefficient (Wildman–Crippen LogP) is 0.748. The summed E-state index contributed by atoms with van der Waals surface area (Å²) in [6.45, 7) is 5.75. The zero-order valence-electron chi connectivity index (χ0n) is 47.2. The molecular weight excluding hydrogens is 1090 g/mol. The maximum Gasteiger partial charge on any atom is 0.311 e. The van der Waals surface area contributed by atoms with Crippen LogP contribution < -0.4 is 5.32 Å². The van der Waals surface area contributed by atoms with Crippen LogP contribution >= 0.6 is 0 Å². The summed E-state index contributed by atoms with van der Waals surface area (Å²) in [7, 11) is 0. The Morgan fingerprint density at radius 3 is 1.92 bits per heavy atom. The van der Waals surface area contributed by atoms with Gasteiger partial charge in [0, 0.05) is 43.1 Å². The average molecular weight is 1170 g/mol. The second kappa shape index (κ2) is 33.8. The Kier molecular flexibility index (Phi) is 28.2. The van der Waals surface area contributed by atoms with Gasteiger partial charge in [0.1, 0.15) is 36.4 Å². The highest BCUT2D eigenvalue weighted by Gasteiger charge is 2.51. The number of nitrogens with one attached hydrogen (secondary N) is 1. The number of esters is 1. The lowest BCUT2D eigenvalue weighted by atomic mass is 9.82. The van der Waals surface area contributed by atoms with Gasteiger partial charge < -0.3 is 100 Å². The number of carbonyl (C=O) groups excluding carboxylic acids is 2. The van der Waals surface area contributed by atoms with Gasteiger partial charge >= 0.3 is 11.9 Å². The second-order valence-electron chi connectivity index (χ2n) is 22.1. The van der Waals surface area contributed by atoms with Gasteiger partial charge in [-0.2, -0.15) is 0 Å². The highest BCUT2D eigenvalue weighted by molar-refractivity contribution is 5.85. The lowest BCUT2D eigenvalue weighted by Gasteiger charge is -2.45. The van der Waals surface area contributed by atoms with Crippen LogP contribution in [0.1, 0.15) is 90.9 Å². The summed E-state index contributed by atoms with van der Waals surface area (Å²) in [6, 6.07) is 7.32. The van der Waals surface area contributed by atoms with E-state index >= 15 is 0 Å². The number of benzene rings is 1. The number of aliphatic hydroxyl groups excluding tert-OH is 11. The molecule has 23 atom stereocenters. The molecule has 1 unspecified atom stereocenters.